The van der Waals surface area contributed by atoms with Crippen molar-refractivity contribution in [2.24, 2.45) is 4.99 Å². The summed E-state index contributed by atoms with van der Waals surface area (Å²) in [7, 11) is 0. The van der Waals surface area contributed by atoms with E-state index in [1.54, 1.807) is 21.7 Å². The minimum atomic E-state index is -0.951. The van der Waals surface area contributed by atoms with Crippen LogP contribution in [-0.4, -0.2) is 65.8 Å². The van der Waals surface area contributed by atoms with Gasteiger partial charge in [-0.3, -0.25) is 14.8 Å². The van der Waals surface area contributed by atoms with Gasteiger partial charge in [-0.25, -0.2) is 14.2 Å². The first kappa shape index (κ1) is 21.1. The maximum absolute atomic E-state index is 13.6. The summed E-state index contributed by atoms with van der Waals surface area (Å²) in [5.41, 5.74) is 1.70. The highest BCUT2D eigenvalue weighted by molar-refractivity contribution is 8.04. The number of alkyl halides is 1. The molecule has 2 fully saturated rings. The van der Waals surface area contributed by atoms with Gasteiger partial charge < -0.3 is 15.0 Å². The molecule has 1 saturated carbocycles. The Hall–Kier alpha value is -3.41. The minimum Gasteiger partial charge on any atom is -0.493 e. The molecule has 12 heteroatoms. The molecule has 10 nitrogen and oxygen atoms in total. The molecule has 0 radical (unpaired) electrons. The van der Waals surface area contributed by atoms with Gasteiger partial charge in [-0.15, -0.1) is 11.8 Å². The van der Waals surface area contributed by atoms with Crippen LogP contribution in [-0.2, 0) is 4.79 Å². The molecule has 0 aromatic carbocycles. The summed E-state index contributed by atoms with van der Waals surface area (Å²) < 4.78 is 15.2. The summed E-state index contributed by atoms with van der Waals surface area (Å²) in [6.07, 6.45) is 7.24. The average molecular weight is 484 g/mol. The predicted molar refractivity (Wildman–Crippen MR) is 123 cm³/mol. The number of nitrogens with zero attached hydrogens (tertiary/aromatic N) is 5. The third kappa shape index (κ3) is 3.91. The van der Waals surface area contributed by atoms with Crippen LogP contribution in [0.5, 0.6) is 5.88 Å². The van der Waals surface area contributed by atoms with Crippen LogP contribution >= 0.6 is 11.8 Å². The second-order valence-electron chi connectivity index (χ2n) is 8.77. The van der Waals surface area contributed by atoms with E-state index in [0.29, 0.717) is 40.6 Å². The topological polar surface area (TPSA) is 132 Å². The van der Waals surface area contributed by atoms with Crippen LogP contribution in [0, 0.1) is 0 Å². The van der Waals surface area contributed by atoms with Gasteiger partial charge in [-0.1, -0.05) is 6.08 Å². The second kappa shape index (κ2) is 8.12. The summed E-state index contributed by atoms with van der Waals surface area (Å²) in [5, 5.41) is 14.9. The van der Waals surface area contributed by atoms with Gasteiger partial charge in [0.15, 0.2) is 11.1 Å². The fourth-order valence-electron chi connectivity index (χ4n) is 4.22. The zero-order chi connectivity index (χ0) is 23.4. The number of rotatable bonds is 4. The molecule has 3 aliphatic rings. The number of thioether (sulfide) groups is 1. The normalized spacial score (nSPS) is 23.9. The van der Waals surface area contributed by atoms with Crippen LogP contribution in [0.1, 0.15) is 42.3 Å². The molecule has 1 saturated heterocycles. The van der Waals surface area contributed by atoms with Crippen LogP contribution in [0.4, 0.5) is 4.39 Å². The fourth-order valence-corrected chi connectivity index (χ4v) is 5.38. The van der Waals surface area contributed by atoms with Crippen molar-refractivity contribution in [3.05, 3.63) is 55.8 Å². The van der Waals surface area contributed by atoms with Crippen molar-refractivity contribution >= 4 is 29.4 Å². The lowest BCUT2D eigenvalue weighted by atomic mass is 10.2. The molecule has 1 amide bonds. The standard InChI is InChI=1S/C22H22FN7O3S/c23-12-5-6-29(10-12)21(32)17-4-3-16(34-17)14-8-18(25-13-1-2-13)30-19(26-14)11(9-24-30)7-15-20(31)28-22(33)27-15/h4,7-9,12-13,16,31H,1-3,5-6,10H2,(H2,27,28,33)/t12-,16?/m0/s1. The highest BCUT2D eigenvalue weighted by Crippen LogP contribution is 2.43. The van der Waals surface area contributed by atoms with Crippen LogP contribution in [0.2, 0.25) is 0 Å². The van der Waals surface area contributed by atoms with Gasteiger partial charge in [-0.05, 0) is 31.8 Å². The van der Waals surface area contributed by atoms with Crippen molar-refractivity contribution < 1.29 is 14.3 Å². The molecular formula is C22H22FN7O3S. The molecule has 0 bridgehead atoms. The van der Waals surface area contributed by atoms with Gasteiger partial charge in [0.2, 0.25) is 5.88 Å². The molecule has 3 N–H and O–H groups in total. The number of amides is 1. The summed E-state index contributed by atoms with van der Waals surface area (Å²) in [4.78, 5) is 41.0. The van der Waals surface area contributed by atoms with Gasteiger partial charge in [0.05, 0.1) is 34.6 Å². The Morgan fingerprint density at radius 3 is 2.88 bits per heavy atom. The largest absolute Gasteiger partial charge is 0.493 e. The van der Waals surface area contributed by atoms with E-state index in [9.17, 15) is 19.1 Å². The number of aromatic hydroxyl groups is 1. The van der Waals surface area contributed by atoms with E-state index in [1.165, 1.54) is 11.8 Å². The number of halogens is 1. The predicted octanol–water partition coefficient (Wildman–Crippen LogP) is 0.694. The minimum absolute atomic E-state index is 0.0795. The number of aromatic amines is 2. The van der Waals surface area contributed by atoms with Crippen molar-refractivity contribution in [1.82, 2.24) is 29.5 Å². The van der Waals surface area contributed by atoms with Gasteiger partial charge in [0.25, 0.3) is 5.91 Å². The zero-order valence-electron chi connectivity index (χ0n) is 18.1. The van der Waals surface area contributed by atoms with Crippen molar-refractivity contribution in [3.63, 3.8) is 0 Å². The average Bonchev–Trinajstić information content (AvgIpc) is 3.18. The first-order chi connectivity index (χ1) is 16.4. The lowest BCUT2D eigenvalue weighted by Crippen LogP contribution is -2.29. The number of likely N-dealkylation sites (tertiary alicyclic amines) is 1. The monoisotopic (exact) mass is 483 g/mol. The summed E-state index contributed by atoms with van der Waals surface area (Å²) in [6, 6.07) is 2.17. The maximum atomic E-state index is 13.6. The Labute approximate surface area is 196 Å². The highest BCUT2D eigenvalue weighted by Gasteiger charge is 2.32. The van der Waals surface area contributed by atoms with Crippen LogP contribution in [0.3, 0.4) is 0 Å². The molecule has 2 atom stereocenters. The Balaban J connectivity index is 1.37. The van der Waals surface area contributed by atoms with E-state index < -0.39 is 11.9 Å². The van der Waals surface area contributed by atoms with E-state index >= 15 is 0 Å². The molecular weight excluding hydrogens is 461 g/mol. The number of imidazole rings is 1. The zero-order valence-corrected chi connectivity index (χ0v) is 18.9. The summed E-state index contributed by atoms with van der Waals surface area (Å²) >= 11 is 1.44. The molecule has 6 rings (SSSR count). The number of fused-ring (bicyclic) bond motifs is 1. The molecule has 176 valence electrons. The molecule has 1 aliphatic carbocycles. The lowest BCUT2D eigenvalue weighted by molar-refractivity contribution is -0.125. The van der Waals surface area contributed by atoms with Gasteiger partial charge >= 0.3 is 5.69 Å². The smallest absolute Gasteiger partial charge is 0.326 e. The quantitative estimate of drug-likeness (QED) is 0.501. The first-order valence-corrected chi connectivity index (χ1v) is 12.1. The van der Waals surface area contributed by atoms with Crippen LogP contribution < -0.4 is 16.4 Å². The van der Waals surface area contributed by atoms with E-state index in [0.717, 1.165) is 18.5 Å². The molecule has 5 heterocycles. The molecule has 3 aromatic heterocycles. The Bertz CT molecular complexity index is 1500. The maximum Gasteiger partial charge on any atom is 0.326 e. The Morgan fingerprint density at radius 2 is 2.18 bits per heavy atom. The van der Waals surface area contributed by atoms with E-state index in [-0.39, 0.29) is 35.3 Å². The van der Waals surface area contributed by atoms with Crippen molar-refractivity contribution in [1.29, 1.82) is 0 Å². The van der Waals surface area contributed by atoms with Crippen molar-refractivity contribution in [3.8, 4) is 5.88 Å². The van der Waals surface area contributed by atoms with Crippen LogP contribution in [0.25, 0.3) is 11.7 Å². The molecule has 0 spiro atoms. The molecule has 34 heavy (non-hydrogen) atoms. The SMILES string of the molecule is O=C(C1=CCC(c2cc(=NC3CC3)n3ncc(=Cc4[nH]c(=O)[nH]c4O)c3n2)S1)N1CC[C@H](F)C1. The molecule has 2 aliphatic heterocycles. The second-order valence-corrected chi connectivity index (χ2v) is 10.0. The number of nitrogens with one attached hydrogen (secondary N) is 2. The van der Waals surface area contributed by atoms with E-state index in [4.69, 9.17) is 9.98 Å². The number of carbonyl (C=O) groups excluding carboxylic acids is 1. The number of allylic oxidation sites excluding steroid dienone is 1. The summed E-state index contributed by atoms with van der Waals surface area (Å²) in [5.74, 6) is -0.388. The van der Waals surface area contributed by atoms with Crippen molar-refractivity contribution in [2.75, 3.05) is 13.1 Å². The number of hydrogen-bond acceptors (Lipinski definition) is 7. The van der Waals surface area contributed by atoms with Crippen LogP contribution in [0.15, 0.2) is 33.0 Å². The number of aromatic nitrogens is 5. The number of H-pyrrole nitrogens is 2. The van der Waals surface area contributed by atoms with Gasteiger partial charge in [-0.2, -0.15) is 9.61 Å². The van der Waals surface area contributed by atoms with Gasteiger partial charge in [0, 0.05) is 17.8 Å². The Morgan fingerprint density at radius 1 is 1.32 bits per heavy atom. The molecule has 1 unspecified atom stereocenters. The molecule has 3 aromatic rings. The Kier molecular flexibility index (Phi) is 5.05. The highest BCUT2D eigenvalue weighted by atomic mass is 32.2. The van der Waals surface area contributed by atoms with Gasteiger partial charge in [0.1, 0.15) is 11.9 Å². The first-order valence-electron chi connectivity index (χ1n) is 11.2. The summed E-state index contributed by atoms with van der Waals surface area (Å²) in [6.45, 7) is 0.597. The van der Waals surface area contributed by atoms with Crippen molar-refractivity contribution in [2.45, 2.75) is 43.1 Å². The lowest BCUT2D eigenvalue weighted by Gasteiger charge is -2.16. The fraction of sp³-hybridized carbons (Fsp3) is 0.409. The van der Waals surface area contributed by atoms with E-state index in [2.05, 4.69) is 15.1 Å². The number of carbonyl (C=O) groups is 1. The third-order valence-electron chi connectivity index (χ3n) is 6.14. The third-order valence-corrected chi connectivity index (χ3v) is 7.46. The number of hydrogen-bond donors (Lipinski definition) is 3. The van der Waals surface area contributed by atoms with E-state index in [1.807, 2.05) is 12.1 Å².